The molecule has 6 nitrogen and oxygen atoms in total. The van der Waals surface area contributed by atoms with Crippen LogP contribution in [-0.2, 0) is 14.3 Å². The van der Waals surface area contributed by atoms with Crippen molar-refractivity contribution in [1.29, 1.82) is 0 Å². The largest absolute Gasteiger partial charge is 0.468 e. The average molecular weight is 242 g/mol. The summed E-state index contributed by atoms with van der Waals surface area (Å²) in [5.41, 5.74) is 0. The molecular formula is C11H18N2O4. The van der Waals surface area contributed by atoms with E-state index in [2.05, 4.69) is 10.2 Å². The maximum absolute atomic E-state index is 11.6. The van der Waals surface area contributed by atoms with Crippen molar-refractivity contribution in [2.75, 3.05) is 26.7 Å². The Bertz CT molecular complexity index is 308. The monoisotopic (exact) mass is 242 g/mol. The van der Waals surface area contributed by atoms with Crippen LogP contribution in [0, 0.1) is 0 Å². The van der Waals surface area contributed by atoms with Crippen LogP contribution in [0.4, 0.5) is 4.79 Å². The van der Waals surface area contributed by atoms with Gasteiger partial charge in [-0.15, -0.1) is 0 Å². The van der Waals surface area contributed by atoms with E-state index in [9.17, 15) is 9.59 Å². The van der Waals surface area contributed by atoms with Crippen molar-refractivity contribution >= 4 is 12.1 Å². The standard InChI is InChI=1S/C11H18N2O4/c1-16-10(14)9-4-2-3-5-13(9)7-8-6-12-11(15)17-8/h8-9H,2-7H2,1H3,(H,12,15)/t8?,9-/m1/s1. The number of carbonyl (C=O) groups is 2. The van der Waals surface area contributed by atoms with Crippen molar-refractivity contribution < 1.29 is 19.1 Å². The lowest BCUT2D eigenvalue weighted by Gasteiger charge is -2.34. The number of hydrogen-bond donors (Lipinski definition) is 1. The number of piperidine rings is 1. The van der Waals surface area contributed by atoms with Crippen LogP contribution in [0.3, 0.4) is 0 Å². The first kappa shape index (κ1) is 12.2. The molecule has 2 heterocycles. The number of cyclic esters (lactones) is 1. The van der Waals surface area contributed by atoms with Crippen molar-refractivity contribution in [3.05, 3.63) is 0 Å². The number of methoxy groups -OCH3 is 1. The van der Waals surface area contributed by atoms with Gasteiger partial charge in [0.15, 0.2) is 0 Å². The Labute approximate surface area is 100 Å². The quantitative estimate of drug-likeness (QED) is 0.712. The van der Waals surface area contributed by atoms with Crippen LogP contribution in [0.15, 0.2) is 0 Å². The highest BCUT2D eigenvalue weighted by atomic mass is 16.6. The Morgan fingerprint density at radius 2 is 2.41 bits per heavy atom. The Morgan fingerprint density at radius 3 is 3.06 bits per heavy atom. The number of likely N-dealkylation sites (tertiary alicyclic amines) is 1. The van der Waals surface area contributed by atoms with Crippen molar-refractivity contribution in [2.24, 2.45) is 0 Å². The summed E-state index contributed by atoms with van der Waals surface area (Å²) in [7, 11) is 1.41. The molecule has 1 N–H and O–H groups in total. The fraction of sp³-hybridized carbons (Fsp3) is 0.818. The predicted molar refractivity (Wildman–Crippen MR) is 59.5 cm³/mol. The van der Waals surface area contributed by atoms with Gasteiger partial charge in [0.05, 0.1) is 13.7 Å². The molecule has 2 saturated heterocycles. The highest BCUT2D eigenvalue weighted by molar-refractivity contribution is 5.75. The molecule has 1 unspecified atom stereocenters. The number of amides is 1. The number of rotatable bonds is 3. The molecule has 2 atom stereocenters. The van der Waals surface area contributed by atoms with Crippen molar-refractivity contribution in [3.8, 4) is 0 Å². The molecule has 17 heavy (non-hydrogen) atoms. The maximum Gasteiger partial charge on any atom is 0.407 e. The topological polar surface area (TPSA) is 67.9 Å². The fourth-order valence-corrected chi connectivity index (χ4v) is 2.41. The minimum atomic E-state index is -0.373. The average Bonchev–Trinajstić information content (AvgIpc) is 2.74. The lowest BCUT2D eigenvalue weighted by atomic mass is 10.0. The van der Waals surface area contributed by atoms with Crippen LogP contribution in [0.2, 0.25) is 0 Å². The lowest BCUT2D eigenvalue weighted by molar-refractivity contribution is -0.148. The van der Waals surface area contributed by atoms with Crippen LogP contribution in [0.25, 0.3) is 0 Å². The van der Waals surface area contributed by atoms with Crippen LogP contribution in [-0.4, -0.2) is 55.9 Å². The van der Waals surface area contributed by atoms with Crippen molar-refractivity contribution in [2.45, 2.75) is 31.4 Å². The van der Waals surface area contributed by atoms with Gasteiger partial charge in [-0.05, 0) is 19.4 Å². The van der Waals surface area contributed by atoms with Gasteiger partial charge in [0.25, 0.3) is 0 Å². The molecule has 0 radical (unpaired) electrons. The number of alkyl carbamates (subject to hydrolysis) is 1. The summed E-state index contributed by atoms with van der Waals surface area (Å²) >= 11 is 0. The minimum Gasteiger partial charge on any atom is -0.468 e. The van der Waals surface area contributed by atoms with E-state index in [1.54, 1.807) is 0 Å². The minimum absolute atomic E-state index is 0.159. The van der Waals surface area contributed by atoms with Gasteiger partial charge in [0.2, 0.25) is 0 Å². The smallest absolute Gasteiger partial charge is 0.407 e. The molecule has 6 heteroatoms. The molecule has 0 aliphatic carbocycles. The molecule has 0 aromatic heterocycles. The zero-order valence-electron chi connectivity index (χ0n) is 9.98. The van der Waals surface area contributed by atoms with Gasteiger partial charge < -0.3 is 14.8 Å². The zero-order chi connectivity index (χ0) is 12.3. The molecule has 2 aliphatic heterocycles. The Morgan fingerprint density at radius 1 is 1.59 bits per heavy atom. The van der Waals surface area contributed by atoms with Crippen LogP contribution in [0.1, 0.15) is 19.3 Å². The molecule has 0 aromatic rings. The summed E-state index contributed by atoms with van der Waals surface area (Å²) in [4.78, 5) is 24.6. The first-order valence-electron chi connectivity index (χ1n) is 5.97. The number of nitrogens with zero attached hydrogens (tertiary/aromatic N) is 1. The Hall–Kier alpha value is -1.30. The zero-order valence-corrected chi connectivity index (χ0v) is 9.98. The molecule has 1 amide bonds. The highest BCUT2D eigenvalue weighted by Crippen LogP contribution is 2.19. The van der Waals surface area contributed by atoms with Gasteiger partial charge in [0.1, 0.15) is 12.1 Å². The van der Waals surface area contributed by atoms with E-state index in [4.69, 9.17) is 9.47 Å². The van der Waals surface area contributed by atoms with Gasteiger partial charge in [-0.3, -0.25) is 9.69 Å². The van der Waals surface area contributed by atoms with E-state index < -0.39 is 0 Å². The molecule has 0 saturated carbocycles. The normalized spacial score (nSPS) is 29.6. The van der Waals surface area contributed by atoms with Gasteiger partial charge in [0, 0.05) is 6.54 Å². The molecule has 0 spiro atoms. The predicted octanol–water partition coefficient (Wildman–Crippen LogP) is 0.122. The second kappa shape index (κ2) is 5.35. The third-order valence-electron chi connectivity index (χ3n) is 3.27. The fourth-order valence-electron chi connectivity index (χ4n) is 2.41. The molecule has 96 valence electrons. The van der Waals surface area contributed by atoms with Gasteiger partial charge in [-0.25, -0.2) is 4.79 Å². The summed E-state index contributed by atoms with van der Waals surface area (Å²) in [6.45, 7) is 1.97. The Kier molecular flexibility index (Phi) is 3.83. The summed E-state index contributed by atoms with van der Waals surface area (Å²) in [5.74, 6) is -0.193. The van der Waals surface area contributed by atoms with Crippen molar-refractivity contribution in [3.63, 3.8) is 0 Å². The van der Waals surface area contributed by atoms with Gasteiger partial charge >= 0.3 is 12.1 Å². The number of hydrogen-bond acceptors (Lipinski definition) is 5. The van der Waals surface area contributed by atoms with Crippen LogP contribution < -0.4 is 5.32 Å². The molecular weight excluding hydrogens is 224 g/mol. The van der Waals surface area contributed by atoms with Gasteiger partial charge in [-0.2, -0.15) is 0 Å². The molecule has 2 aliphatic rings. The van der Waals surface area contributed by atoms with E-state index in [1.807, 2.05) is 0 Å². The molecule has 0 bridgehead atoms. The molecule has 2 fully saturated rings. The summed E-state index contributed by atoms with van der Waals surface area (Å²) in [5, 5.41) is 2.61. The number of esters is 1. The van der Waals surface area contributed by atoms with E-state index in [-0.39, 0.29) is 24.2 Å². The SMILES string of the molecule is COC(=O)[C@H]1CCCCN1CC1CNC(=O)O1. The van der Waals surface area contributed by atoms with E-state index >= 15 is 0 Å². The van der Waals surface area contributed by atoms with Crippen molar-refractivity contribution in [1.82, 2.24) is 10.2 Å². The van der Waals surface area contributed by atoms with E-state index in [0.29, 0.717) is 13.1 Å². The number of nitrogens with one attached hydrogen (secondary N) is 1. The number of ether oxygens (including phenoxy) is 2. The third-order valence-corrected chi connectivity index (χ3v) is 3.27. The van der Waals surface area contributed by atoms with Gasteiger partial charge in [-0.1, -0.05) is 6.42 Å². The molecule has 0 aromatic carbocycles. The second-order valence-corrected chi connectivity index (χ2v) is 4.44. The first-order chi connectivity index (χ1) is 8.20. The van der Waals surface area contributed by atoms with Crippen LogP contribution >= 0.6 is 0 Å². The highest BCUT2D eigenvalue weighted by Gasteiger charge is 2.33. The first-order valence-corrected chi connectivity index (χ1v) is 5.97. The summed E-state index contributed by atoms with van der Waals surface area (Å²) in [6, 6.07) is -0.187. The number of carbonyl (C=O) groups excluding carboxylic acids is 2. The summed E-state index contributed by atoms with van der Waals surface area (Å²) in [6.07, 6.45) is 2.40. The maximum atomic E-state index is 11.6. The van der Waals surface area contributed by atoms with E-state index in [0.717, 1.165) is 25.8 Å². The van der Waals surface area contributed by atoms with E-state index in [1.165, 1.54) is 7.11 Å². The Balaban J connectivity index is 1.92. The molecule has 2 rings (SSSR count). The lowest BCUT2D eigenvalue weighted by Crippen LogP contribution is -2.48. The third kappa shape index (κ3) is 2.88. The van der Waals surface area contributed by atoms with Crippen LogP contribution in [0.5, 0.6) is 0 Å². The summed E-state index contributed by atoms with van der Waals surface area (Å²) < 4.78 is 9.88. The second-order valence-electron chi connectivity index (χ2n) is 4.44.